The van der Waals surface area contributed by atoms with E-state index >= 15 is 0 Å². The van der Waals surface area contributed by atoms with E-state index in [2.05, 4.69) is 5.32 Å². The quantitative estimate of drug-likeness (QED) is 0.477. The van der Waals surface area contributed by atoms with Crippen molar-refractivity contribution in [3.63, 3.8) is 0 Å². The molecule has 0 saturated heterocycles. The van der Waals surface area contributed by atoms with Crippen LogP contribution in [0.25, 0.3) is 0 Å². The van der Waals surface area contributed by atoms with Crippen LogP contribution in [0.5, 0.6) is 0 Å². The van der Waals surface area contributed by atoms with E-state index < -0.39 is 18.0 Å². The molecule has 0 rings (SSSR count). The van der Waals surface area contributed by atoms with E-state index in [1.54, 1.807) is 18.7 Å². The Labute approximate surface area is 126 Å². The first-order valence-corrected chi connectivity index (χ1v) is 7.60. The molecule has 7 heteroatoms. The molecule has 0 amide bonds. The van der Waals surface area contributed by atoms with E-state index in [0.29, 0.717) is 12.2 Å². The molecule has 0 aliphatic heterocycles. The van der Waals surface area contributed by atoms with Gasteiger partial charge in [-0.25, -0.2) is 0 Å². The van der Waals surface area contributed by atoms with Crippen molar-refractivity contribution in [1.82, 2.24) is 5.32 Å². The van der Waals surface area contributed by atoms with Gasteiger partial charge in [-0.15, -0.1) is 0 Å². The van der Waals surface area contributed by atoms with Gasteiger partial charge in [0.15, 0.2) is 0 Å². The molecular weight excluding hydrogens is 280 g/mol. The summed E-state index contributed by atoms with van der Waals surface area (Å²) in [5, 5.41) is 19.7. The van der Waals surface area contributed by atoms with E-state index in [-0.39, 0.29) is 13.3 Å². The van der Waals surface area contributed by atoms with E-state index in [0.717, 1.165) is 19.4 Å². The van der Waals surface area contributed by atoms with Gasteiger partial charge in [0.1, 0.15) is 6.04 Å². The highest BCUT2D eigenvalue weighted by Gasteiger charge is 2.09. The molecule has 0 bridgehead atoms. The van der Waals surface area contributed by atoms with E-state index in [4.69, 9.17) is 15.9 Å². The lowest BCUT2D eigenvalue weighted by atomic mass is 10.1. The summed E-state index contributed by atoms with van der Waals surface area (Å²) < 4.78 is 0. The predicted octanol–water partition coefficient (Wildman–Crippen LogP) is 1.49. The molecule has 5 N–H and O–H groups in total. The van der Waals surface area contributed by atoms with Crippen LogP contribution in [0.15, 0.2) is 0 Å². The molecule has 122 valence electrons. The topological polar surface area (TPSA) is 113 Å². The number of hydrogen-bond donors (Lipinski definition) is 4. The molecule has 0 aromatic heterocycles. The number of carboxylic acid groups (broad SMARTS) is 2. The number of nitrogens with two attached hydrogens (primary N) is 1. The van der Waals surface area contributed by atoms with Gasteiger partial charge in [-0.2, -0.15) is 11.8 Å². The fourth-order valence-electron chi connectivity index (χ4n) is 1.11. The molecule has 0 radical (unpaired) electrons. The van der Waals surface area contributed by atoms with Crippen LogP contribution >= 0.6 is 11.8 Å². The van der Waals surface area contributed by atoms with Crippen LogP contribution in [0.2, 0.25) is 0 Å². The van der Waals surface area contributed by atoms with Gasteiger partial charge in [-0.3, -0.25) is 9.59 Å². The van der Waals surface area contributed by atoms with Gasteiger partial charge in [0.05, 0.1) is 5.92 Å². The van der Waals surface area contributed by atoms with Crippen molar-refractivity contribution in [2.75, 3.05) is 25.6 Å². The first-order valence-electron chi connectivity index (χ1n) is 6.21. The third-order valence-corrected chi connectivity index (χ3v) is 3.18. The van der Waals surface area contributed by atoms with Crippen LogP contribution in [-0.2, 0) is 9.59 Å². The van der Waals surface area contributed by atoms with Crippen LogP contribution in [0.1, 0.15) is 33.6 Å². The molecule has 0 aliphatic carbocycles. The SMILES string of the molecule is C.CNCCCCC(N)C(=O)O.CSCC(C)C(=O)O. The molecule has 0 fully saturated rings. The maximum Gasteiger partial charge on any atom is 0.320 e. The number of carbonyl (C=O) groups is 2. The van der Waals surface area contributed by atoms with E-state index in [9.17, 15) is 9.59 Å². The summed E-state index contributed by atoms with van der Waals surface area (Å²) in [6.07, 6.45) is 4.32. The zero-order chi connectivity index (χ0) is 15.3. The Hall–Kier alpha value is -0.790. The Kier molecular flexibility index (Phi) is 19.7. The van der Waals surface area contributed by atoms with Crippen molar-refractivity contribution in [3.05, 3.63) is 0 Å². The number of aliphatic carboxylic acids is 2. The van der Waals surface area contributed by atoms with Gasteiger partial charge in [0.2, 0.25) is 0 Å². The zero-order valence-electron chi connectivity index (χ0n) is 11.9. The van der Waals surface area contributed by atoms with Crippen molar-refractivity contribution in [3.8, 4) is 0 Å². The van der Waals surface area contributed by atoms with Crippen LogP contribution in [-0.4, -0.2) is 53.8 Å². The second kappa shape index (κ2) is 16.3. The predicted molar refractivity (Wildman–Crippen MR) is 85.3 cm³/mol. The van der Waals surface area contributed by atoms with E-state index in [1.807, 2.05) is 13.3 Å². The Morgan fingerprint density at radius 1 is 1.25 bits per heavy atom. The maximum atomic E-state index is 10.2. The third kappa shape index (κ3) is 17.2. The second-order valence-corrected chi connectivity index (χ2v) is 5.15. The fourth-order valence-corrected chi connectivity index (χ4v) is 1.75. The minimum Gasteiger partial charge on any atom is -0.481 e. The molecule has 0 saturated carbocycles. The lowest BCUT2D eigenvalue weighted by Crippen LogP contribution is -2.29. The fraction of sp³-hybridized carbons (Fsp3) is 0.846. The average Bonchev–Trinajstić information content (AvgIpc) is 2.35. The van der Waals surface area contributed by atoms with Gasteiger partial charge in [0, 0.05) is 5.75 Å². The summed E-state index contributed by atoms with van der Waals surface area (Å²) >= 11 is 1.56. The molecule has 0 heterocycles. The minimum atomic E-state index is -0.908. The summed E-state index contributed by atoms with van der Waals surface area (Å²) in [4.78, 5) is 20.3. The number of unbranched alkanes of at least 4 members (excludes halogenated alkanes) is 1. The maximum absolute atomic E-state index is 10.2. The molecule has 0 aromatic carbocycles. The van der Waals surface area contributed by atoms with Crippen molar-refractivity contribution in [2.45, 2.75) is 39.7 Å². The van der Waals surface area contributed by atoms with Gasteiger partial charge < -0.3 is 21.3 Å². The molecule has 2 atom stereocenters. The first-order chi connectivity index (χ1) is 8.86. The lowest BCUT2D eigenvalue weighted by Gasteiger charge is -2.04. The van der Waals surface area contributed by atoms with Crippen molar-refractivity contribution in [1.29, 1.82) is 0 Å². The van der Waals surface area contributed by atoms with E-state index in [1.165, 1.54) is 0 Å². The number of carboxylic acids is 2. The van der Waals surface area contributed by atoms with Crippen molar-refractivity contribution in [2.24, 2.45) is 11.7 Å². The van der Waals surface area contributed by atoms with Gasteiger partial charge in [-0.05, 0) is 32.7 Å². The molecule has 0 aliphatic rings. The number of thioether (sulfide) groups is 1. The monoisotopic (exact) mass is 310 g/mol. The van der Waals surface area contributed by atoms with Gasteiger partial charge >= 0.3 is 11.9 Å². The summed E-state index contributed by atoms with van der Waals surface area (Å²) in [7, 11) is 1.87. The van der Waals surface area contributed by atoms with Crippen LogP contribution < -0.4 is 11.1 Å². The summed E-state index contributed by atoms with van der Waals surface area (Å²) in [5.74, 6) is -1.12. The standard InChI is InChI=1S/C7H16N2O2.C5H10O2S.CH4/c1-9-5-3-2-4-6(8)7(10)11;1-4(3-8-2)5(6)7;/h6,9H,2-5,8H2,1H3,(H,10,11);4H,3H2,1-2H3,(H,6,7);1H4. The smallest absolute Gasteiger partial charge is 0.320 e. The number of rotatable bonds is 9. The van der Waals surface area contributed by atoms with Gasteiger partial charge in [-0.1, -0.05) is 20.8 Å². The highest BCUT2D eigenvalue weighted by atomic mass is 32.2. The average molecular weight is 310 g/mol. The summed E-state index contributed by atoms with van der Waals surface area (Å²) in [6, 6.07) is -0.688. The van der Waals surface area contributed by atoms with Crippen molar-refractivity contribution >= 4 is 23.7 Å². The normalized spacial score (nSPS) is 12.4. The summed E-state index contributed by atoms with van der Waals surface area (Å²) in [6.45, 7) is 2.63. The molecule has 0 aromatic rings. The van der Waals surface area contributed by atoms with Crippen LogP contribution in [0.3, 0.4) is 0 Å². The first kappa shape index (κ1) is 24.2. The molecule has 0 spiro atoms. The minimum absolute atomic E-state index is 0. The zero-order valence-corrected chi connectivity index (χ0v) is 12.7. The third-order valence-electron chi connectivity index (χ3n) is 2.35. The van der Waals surface area contributed by atoms with Crippen LogP contribution in [0.4, 0.5) is 0 Å². The summed E-state index contributed by atoms with van der Waals surface area (Å²) in [5.41, 5.74) is 5.28. The lowest BCUT2D eigenvalue weighted by molar-refractivity contribution is -0.140. The Balaban J connectivity index is -0.000000288. The molecule has 20 heavy (non-hydrogen) atoms. The number of nitrogens with one attached hydrogen (secondary N) is 1. The largest absolute Gasteiger partial charge is 0.481 e. The molecular formula is C13H30N2O4S. The Bertz CT molecular complexity index is 253. The highest BCUT2D eigenvalue weighted by Crippen LogP contribution is 2.03. The Morgan fingerprint density at radius 3 is 2.10 bits per heavy atom. The van der Waals surface area contributed by atoms with Crippen LogP contribution in [0, 0.1) is 5.92 Å². The number of hydrogen-bond acceptors (Lipinski definition) is 5. The molecule has 2 unspecified atom stereocenters. The second-order valence-electron chi connectivity index (χ2n) is 4.24. The van der Waals surface area contributed by atoms with Crippen molar-refractivity contribution < 1.29 is 19.8 Å². The highest BCUT2D eigenvalue weighted by molar-refractivity contribution is 7.98. The van der Waals surface area contributed by atoms with Gasteiger partial charge in [0.25, 0.3) is 0 Å². The Morgan fingerprint density at radius 2 is 1.80 bits per heavy atom. The molecule has 6 nitrogen and oxygen atoms in total.